The summed E-state index contributed by atoms with van der Waals surface area (Å²) in [7, 11) is 1.48. The second kappa shape index (κ2) is 12.4. The highest BCUT2D eigenvalue weighted by molar-refractivity contribution is 5.94. The number of carbonyl (C=O) groups is 2. The van der Waals surface area contributed by atoms with Crippen molar-refractivity contribution in [3.05, 3.63) is 23.8 Å². The highest BCUT2D eigenvalue weighted by Gasteiger charge is 2.13. The molecule has 2 amide bonds. The molecular formula is C19H30ClN3O4. The number of amides is 2. The molecule has 0 unspecified atom stereocenters. The van der Waals surface area contributed by atoms with E-state index in [1.807, 2.05) is 0 Å². The zero-order valence-electron chi connectivity index (χ0n) is 15.8. The first-order chi connectivity index (χ1) is 12.6. The average Bonchev–Trinajstić information content (AvgIpc) is 2.92. The lowest BCUT2D eigenvalue weighted by Crippen LogP contribution is -2.36. The largest absolute Gasteiger partial charge is 0.493 e. The molecule has 8 heteroatoms. The number of ether oxygens (including phenoxy) is 2. The Morgan fingerprint density at radius 3 is 2.44 bits per heavy atom. The van der Waals surface area contributed by atoms with E-state index in [4.69, 9.17) is 15.2 Å². The van der Waals surface area contributed by atoms with Crippen molar-refractivity contribution in [2.24, 2.45) is 5.73 Å². The van der Waals surface area contributed by atoms with Gasteiger partial charge in [0.15, 0.2) is 18.1 Å². The van der Waals surface area contributed by atoms with E-state index < -0.39 is 5.91 Å². The molecule has 4 N–H and O–H groups in total. The van der Waals surface area contributed by atoms with Crippen LogP contribution in [-0.4, -0.2) is 44.7 Å². The van der Waals surface area contributed by atoms with Crippen molar-refractivity contribution < 1.29 is 19.1 Å². The number of hydrogen-bond acceptors (Lipinski definition) is 5. The maximum atomic E-state index is 12.3. The number of halogens is 1. The van der Waals surface area contributed by atoms with E-state index in [1.54, 1.807) is 18.2 Å². The van der Waals surface area contributed by atoms with Gasteiger partial charge < -0.3 is 25.8 Å². The van der Waals surface area contributed by atoms with Crippen LogP contribution in [0.1, 0.15) is 48.9 Å². The molecule has 27 heavy (non-hydrogen) atoms. The predicted octanol–water partition coefficient (Wildman–Crippen LogP) is 2.02. The van der Waals surface area contributed by atoms with Crippen LogP contribution in [0.15, 0.2) is 18.2 Å². The zero-order valence-corrected chi connectivity index (χ0v) is 16.6. The lowest BCUT2D eigenvalue weighted by molar-refractivity contribution is -0.119. The fourth-order valence-corrected chi connectivity index (χ4v) is 3.11. The Bertz CT molecular complexity index is 605. The Morgan fingerprint density at radius 2 is 1.81 bits per heavy atom. The number of hydrogen-bond donors (Lipinski definition) is 3. The molecule has 0 atom stereocenters. The van der Waals surface area contributed by atoms with Crippen LogP contribution in [0, 0.1) is 0 Å². The summed E-state index contributed by atoms with van der Waals surface area (Å²) in [6.07, 6.45) is 7.67. The summed E-state index contributed by atoms with van der Waals surface area (Å²) < 4.78 is 10.5. The van der Waals surface area contributed by atoms with Gasteiger partial charge in [0.1, 0.15) is 0 Å². The van der Waals surface area contributed by atoms with Crippen molar-refractivity contribution in [1.82, 2.24) is 10.6 Å². The third kappa shape index (κ3) is 8.05. The van der Waals surface area contributed by atoms with Crippen LogP contribution in [-0.2, 0) is 4.79 Å². The molecule has 0 aromatic heterocycles. The van der Waals surface area contributed by atoms with Crippen molar-refractivity contribution >= 4 is 24.2 Å². The third-order valence-electron chi connectivity index (χ3n) is 4.49. The van der Waals surface area contributed by atoms with Gasteiger partial charge in [-0.1, -0.05) is 25.7 Å². The van der Waals surface area contributed by atoms with E-state index in [1.165, 1.54) is 45.6 Å². The minimum atomic E-state index is -0.574. The summed E-state index contributed by atoms with van der Waals surface area (Å²) in [5.41, 5.74) is 5.54. The molecule has 1 aromatic carbocycles. The van der Waals surface area contributed by atoms with E-state index in [-0.39, 0.29) is 24.9 Å². The van der Waals surface area contributed by atoms with E-state index >= 15 is 0 Å². The molecule has 0 saturated heterocycles. The minimum Gasteiger partial charge on any atom is -0.493 e. The molecule has 0 bridgehead atoms. The van der Waals surface area contributed by atoms with Gasteiger partial charge in [-0.15, -0.1) is 12.4 Å². The quantitative estimate of drug-likeness (QED) is 0.435. The van der Waals surface area contributed by atoms with Gasteiger partial charge in [-0.25, -0.2) is 0 Å². The molecule has 1 fully saturated rings. The van der Waals surface area contributed by atoms with Crippen LogP contribution in [0.25, 0.3) is 0 Å². The van der Waals surface area contributed by atoms with Crippen LogP contribution in [0.3, 0.4) is 0 Å². The summed E-state index contributed by atoms with van der Waals surface area (Å²) in [6.45, 7) is 1.08. The van der Waals surface area contributed by atoms with E-state index in [9.17, 15) is 9.59 Å². The molecular weight excluding hydrogens is 370 g/mol. The Kier molecular flexibility index (Phi) is 10.6. The monoisotopic (exact) mass is 399 g/mol. The molecule has 0 spiro atoms. The summed E-state index contributed by atoms with van der Waals surface area (Å²) in [6, 6.07) is 5.38. The number of nitrogens with two attached hydrogens (primary N) is 1. The molecule has 1 aliphatic carbocycles. The van der Waals surface area contributed by atoms with E-state index in [2.05, 4.69) is 10.6 Å². The molecule has 0 radical (unpaired) electrons. The molecule has 0 aliphatic heterocycles. The van der Waals surface area contributed by atoms with Gasteiger partial charge in [0.2, 0.25) is 0 Å². The Hall–Kier alpha value is -1.99. The predicted molar refractivity (Wildman–Crippen MR) is 107 cm³/mol. The van der Waals surface area contributed by atoms with Gasteiger partial charge in [0, 0.05) is 24.7 Å². The van der Waals surface area contributed by atoms with Crippen LogP contribution >= 0.6 is 12.4 Å². The molecule has 1 aromatic rings. The van der Waals surface area contributed by atoms with Gasteiger partial charge in [0.25, 0.3) is 11.8 Å². The van der Waals surface area contributed by atoms with Gasteiger partial charge in [-0.3, -0.25) is 9.59 Å². The maximum absolute atomic E-state index is 12.3. The normalized spacial score (nSPS) is 14.6. The summed E-state index contributed by atoms with van der Waals surface area (Å²) >= 11 is 0. The first-order valence-corrected chi connectivity index (χ1v) is 9.21. The van der Waals surface area contributed by atoms with Crippen molar-refractivity contribution in [3.8, 4) is 11.5 Å². The summed E-state index contributed by atoms with van der Waals surface area (Å²) in [4.78, 5) is 23.1. The van der Waals surface area contributed by atoms with Gasteiger partial charge in [-0.2, -0.15) is 0 Å². The fourth-order valence-electron chi connectivity index (χ4n) is 3.11. The van der Waals surface area contributed by atoms with Crippen molar-refractivity contribution in [2.75, 3.05) is 26.8 Å². The lowest BCUT2D eigenvalue weighted by Gasteiger charge is -2.16. The highest BCUT2D eigenvalue weighted by Crippen LogP contribution is 2.28. The van der Waals surface area contributed by atoms with Gasteiger partial charge in [0.05, 0.1) is 7.11 Å². The molecule has 152 valence electrons. The van der Waals surface area contributed by atoms with Gasteiger partial charge >= 0.3 is 0 Å². The van der Waals surface area contributed by atoms with Crippen molar-refractivity contribution in [2.45, 2.75) is 44.6 Å². The summed E-state index contributed by atoms with van der Waals surface area (Å²) in [5.74, 6) is 0.0100. The maximum Gasteiger partial charge on any atom is 0.255 e. The summed E-state index contributed by atoms with van der Waals surface area (Å²) in [5, 5.41) is 6.43. The molecule has 1 saturated carbocycles. The average molecular weight is 400 g/mol. The fraction of sp³-hybridized carbons (Fsp3) is 0.579. The number of nitrogens with one attached hydrogen (secondary N) is 2. The molecule has 0 heterocycles. The van der Waals surface area contributed by atoms with E-state index in [0.29, 0.717) is 29.6 Å². The smallest absolute Gasteiger partial charge is 0.255 e. The molecule has 1 aliphatic rings. The lowest BCUT2D eigenvalue weighted by atomic mass is 10.1. The van der Waals surface area contributed by atoms with Gasteiger partial charge in [-0.05, 0) is 31.0 Å². The Morgan fingerprint density at radius 1 is 1.11 bits per heavy atom. The number of carbonyl (C=O) groups excluding carboxylic acids is 2. The van der Waals surface area contributed by atoms with Crippen LogP contribution in [0.4, 0.5) is 0 Å². The first-order valence-electron chi connectivity index (χ1n) is 9.21. The van der Waals surface area contributed by atoms with Crippen molar-refractivity contribution in [3.63, 3.8) is 0 Å². The SMILES string of the molecule is COc1cc(C(=O)NCCNC2CCCCCC2)ccc1OCC(N)=O.Cl. The van der Waals surface area contributed by atoms with E-state index in [0.717, 1.165) is 6.54 Å². The van der Waals surface area contributed by atoms with Crippen LogP contribution in [0.5, 0.6) is 11.5 Å². The number of methoxy groups -OCH3 is 1. The number of benzene rings is 1. The van der Waals surface area contributed by atoms with Crippen LogP contribution in [0.2, 0.25) is 0 Å². The standard InChI is InChI=1S/C19H29N3O4.ClH/c1-25-17-12-14(8-9-16(17)26-13-18(20)23)19(24)22-11-10-21-15-6-4-2-3-5-7-15;/h8-9,12,15,21H,2-7,10-11,13H2,1H3,(H2,20,23)(H,22,24);1H. The number of primary amides is 1. The second-order valence-electron chi connectivity index (χ2n) is 6.52. The second-order valence-corrected chi connectivity index (χ2v) is 6.52. The van der Waals surface area contributed by atoms with Crippen LogP contribution < -0.4 is 25.8 Å². The molecule has 7 nitrogen and oxygen atoms in total. The molecule has 2 rings (SSSR count). The number of rotatable bonds is 9. The minimum absolute atomic E-state index is 0. The first kappa shape index (κ1) is 23.0. The Labute approximate surface area is 166 Å². The highest BCUT2D eigenvalue weighted by atomic mass is 35.5. The van der Waals surface area contributed by atoms with Crippen molar-refractivity contribution in [1.29, 1.82) is 0 Å². The Balaban J connectivity index is 0.00000364. The third-order valence-corrected chi connectivity index (χ3v) is 4.49. The topological polar surface area (TPSA) is 103 Å². The zero-order chi connectivity index (χ0) is 18.8.